The fourth-order valence-corrected chi connectivity index (χ4v) is 2.12. The van der Waals surface area contributed by atoms with Crippen LogP contribution in [0.1, 0.15) is 10.4 Å². The third kappa shape index (κ3) is 3.80. The predicted molar refractivity (Wildman–Crippen MR) is 88.2 cm³/mol. The number of carbonyl (C=O) groups is 1. The molecular formula is C18H11F4N3O. The van der Waals surface area contributed by atoms with E-state index in [-0.39, 0.29) is 22.8 Å². The first-order valence-corrected chi connectivity index (χ1v) is 7.37. The fraction of sp³-hybridized carbons (Fsp3) is 0. The van der Waals surface area contributed by atoms with Crippen LogP contribution in [-0.4, -0.2) is 10.9 Å². The van der Waals surface area contributed by atoms with E-state index in [1.165, 1.54) is 30.5 Å². The van der Waals surface area contributed by atoms with Crippen LogP contribution in [0, 0.1) is 23.3 Å². The smallest absolute Gasteiger partial charge is 0.257 e. The number of hydrogen-bond acceptors (Lipinski definition) is 3. The summed E-state index contributed by atoms with van der Waals surface area (Å²) in [6.45, 7) is 0. The van der Waals surface area contributed by atoms with E-state index in [9.17, 15) is 22.4 Å². The first kappa shape index (κ1) is 17.4. The Morgan fingerprint density at radius 1 is 0.846 bits per heavy atom. The summed E-state index contributed by atoms with van der Waals surface area (Å²) in [5.74, 6) is -4.17. The van der Waals surface area contributed by atoms with Gasteiger partial charge in [-0.2, -0.15) is 0 Å². The molecule has 0 fully saturated rings. The van der Waals surface area contributed by atoms with Gasteiger partial charge in [0.15, 0.2) is 11.6 Å². The number of amides is 1. The molecule has 0 aliphatic heterocycles. The Hall–Kier alpha value is -3.42. The molecular weight excluding hydrogens is 350 g/mol. The van der Waals surface area contributed by atoms with Crippen molar-refractivity contribution in [3.05, 3.63) is 83.6 Å². The third-order valence-electron chi connectivity index (χ3n) is 3.42. The maximum absolute atomic E-state index is 13.6. The number of pyridine rings is 1. The Bertz CT molecular complexity index is 941. The molecule has 3 aromatic rings. The number of halogens is 4. The molecule has 2 aromatic carbocycles. The minimum Gasteiger partial charge on any atom is -0.335 e. The van der Waals surface area contributed by atoms with Crippen molar-refractivity contribution < 1.29 is 22.4 Å². The SMILES string of the molecule is O=C(Nc1ccc(F)c(F)c1)c1ccc(Nc2c(F)cccc2F)nc1. The Labute approximate surface area is 145 Å². The molecule has 2 N–H and O–H groups in total. The lowest BCUT2D eigenvalue weighted by atomic mass is 10.2. The average molecular weight is 361 g/mol. The van der Waals surface area contributed by atoms with Gasteiger partial charge >= 0.3 is 0 Å². The zero-order valence-corrected chi connectivity index (χ0v) is 13.1. The zero-order chi connectivity index (χ0) is 18.7. The van der Waals surface area contributed by atoms with Gasteiger partial charge in [-0.25, -0.2) is 22.5 Å². The number of hydrogen-bond donors (Lipinski definition) is 2. The highest BCUT2D eigenvalue weighted by Crippen LogP contribution is 2.22. The summed E-state index contributed by atoms with van der Waals surface area (Å²) in [6.07, 6.45) is 1.18. The number of anilines is 3. The molecule has 3 rings (SSSR count). The molecule has 1 amide bonds. The van der Waals surface area contributed by atoms with Gasteiger partial charge in [-0.05, 0) is 36.4 Å². The van der Waals surface area contributed by atoms with Crippen LogP contribution in [0.15, 0.2) is 54.7 Å². The topological polar surface area (TPSA) is 54.0 Å². The van der Waals surface area contributed by atoms with E-state index in [1.807, 2.05) is 0 Å². The lowest BCUT2D eigenvalue weighted by molar-refractivity contribution is 0.102. The molecule has 1 heterocycles. The molecule has 0 aliphatic rings. The van der Waals surface area contributed by atoms with Gasteiger partial charge in [-0.3, -0.25) is 4.79 Å². The zero-order valence-electron chi connectivity index (χ0n) is 13.1. The van der Waals surface area contributed by atoms with Crippen LogP contribution in [0.4, 0.5) is 34.8 Å². The molecule has 0 aliphatic carbocycles. The summed E-state index contributed by atoms with van der Waals surface area (Å²) < 4.78 is 53.2. The highest BCUT2D eigenvalue weighted by atomic mass is 19.2. The van der Waals surface area contributed by atoms with Crippen LogP contribution in [0.2, 0.25) is 0 Å². The van der Waals surface area contributed by atoms with Gasteiger partial charge in [-0.15, -0.1) is 0 Å². The molecule has 8 heteroatoms. The second-order valence-electron chi connectivity index (χ2n) is 5.24. The van der Waals surface area contributed by atoms with Crippen molar-refractivity contribution in [2.45, 2.75) is 0 Å². The quantitative estimate of drug-likeness (QED) is 0.666. The van der Waals surface area contributed by atoms with E-state index in [1.54, 1.807) is 0 Å². The van der Waals surface area contributed by atoms with Crippen LogP contribution >= 0.6 is 0 Å². The van der Waals surface area contributed by atoms with Crippen LogP contribution in [-0.2, 0) is 0 Å². The monoisotopic (exact) mass is 361 g/mol. The number of para-hydroxylation sites is 1. The second-order valence-corrected chi connectivity index (χ2v) is 5.24. The summed E-state index contributed by atoms with van der Waals surface area (Å²) in [5, 5.41) is 4.87. The summed E-state index contributed by atoms with van der Waals surface area (Å²) >= 11 is 0. The van der Waals surface area contributed by atoms with Crippen molar-refractivity contribution in [1.29, 1.82) is 0 Å². The maximum atomic E-state index is 13.6. The van der Waals surface area contributed by atoms with Crippen molar-refractivity contribution in [2.75, 3.05) is 10.6 Å². The number of nitrogens with zero attached hydrogens (tertiary/aromatic N) is 1. The van der Waals surface area contributed by atoms with E-state index in [2.05, 4.69) is 15.6 Å². The Balaban J connectivity index is 1.72. The van der Waals surface area contributed by atoms with E-state index in [4.69, 9.17) is 0 Å². The lowest BCUT2D eigenvalue weighted by Crippen LogP contribution is -2.12. The van der Waals surface area contributed by atoms with Crippen molar-refractivity contribution in [3.8, 4) is 0 Å². The van der Waals surface area contributed by atoms with Gasteiger partial charge in [0.25, 0.3) is 5.91 Å². The Kier molecular flexibility index (Phi) is 4.83. The van der Waals surface area contributed by atoms with Gasteiger partial charge in [-0.1, -0.05) is 6.07 Å². The molecule has 132 valence electrons. The van der Waals surface area contributed by atoms with Gasteiger partial charge in [0.1, 0.15) is 23.1 Å². The summed E-state index contributed by atoms with van der Waals surface area (Å²) in [6, 6.07) is 9.08. The number of benzene rings is 2. The van der Waals surface area contributed by atoms with Crippen LogP contribution in [0.25, 0.3) is 0 Å². The normalized spacial score (nSPS) is 10.5. The highest BCUT2D eigenvalue weighted by molar-refractivity contribution is 6.04. The summed E-state index contributed by atoms with van der Waals surface area (Å²) in [7, 11) is 0. The third-order valence-corrected chi connectivity index (χ3v) is 3.42. The predicted octanol–water partition coefficient (Wildman–Crippen LogP) is 4.63. The standard InChI is InChI=1S/C18H11F4N3O/c19-12-6-5-11(8-15(12)22)24-18(26)10-4-7-16(23-9-10)25-17-13(20)2-1-3-14(17)21/h1-9H,(H,23,25)(H,24,26). The molecule has 4 nitrogen and oxygen atoms in total. The fourth-order valence-electron chi connectivity index (χ4n) is 2.12. The number of nitrogens with one attached hydrogen (secondary N) is 2. The Morgan fingerprint density at radius 3 is 2.19 bits per heavy atom. The summed E-state index contributed by atoms with van der Waals surface area (Å²) in [4.78, 5) is 16.0. The van der Waals surface area contributed by atoms with E-state index >= 15 is 0 Å². The molecule has 0 unspecified atom stereocenters. The van der Waals surface area contributed by atoms with Gasteiger partial charge in [0.2, 0.25) is 0 Å². The van der Waals surface area contributed by atoms with E-state index in [0.717, 1.165) is 24.3 Å². The molecule has 1 aromatic heterocycles. The van der Waals surface area contributed by atoms with Crippen molar-refractivity contribution in [3.63, 3.8) is 0 Å². The molecule has 0 radical (unpaired) electrons. The number of carbonyl (C=O) groups excluding carboxylic acids is 1. The largest absolute Gasteiger partial charge is 0.335 e. The maximum Gasteiger partial charge on any atom is 0.257 e. The molecule has 0 saturated carbocycles. The minimum absolute atomic E-state index is 0.0736. The van der Waals surface area contributed by atoms with E-state index < -0.39 is 29.2 Å². The van der Waals surface area contributed by atoms with Crippen LogP contribution in [0.5, 0.6) is 0 Å². The van der Waals surface area contributed by atoms with Crippen molar-refractivity contribution in [1.82, 2.24) is 4.98 Å². The van der Waals surface area contributed by atoms with Gasteiger partial charge < -0.3 is 10.6 Å². The molecule has 0 spiro atoms. The van der Waals surface area contributed by atoms with E-state index in [0.29, 0.717) is 0 Å². The highest BCUT2D eigenvalue weighted by Gasteiger charge is 2.11. The van der Waals surface area contributed by atoms with Gasteiger partial charge in [0.05, 0.1) is 5.56 Å². The average Bonchev–Trinajstić information content (AvgIpc) is 2.62. The van der Waals surface area contributed by atoms with Crippen molar-refractivity contribution >= 4 is 23.1 Å². The number of rotatable bonds is 4. The van der Waals surface area contributed by atoms with Crippen molar-refractivity contribution in [2.24, 2.45) is 0 Å². The minimum atomic E-state index is -1.09. The Morgan fingerprint density at radius 2 is 1.58 bits per heavy atom. The van der Waals surface area contributed by atoms with Crippen LogP contribution < -0.4 is 10.6 Å². The first-order valence-electron chi connectivity index (χ1n) is 7.37. The van der Waals surface area contributed by atoms with Gasteiger partial charge in [0, 0.05) is 18.0 Å². The molecule has 0 saturated heterocycles. The second kappa shape index (κ2) is 7.22. The lowest BCUT2D eigenvalue weighted by Gasteiger charge is -2.09. The molecule has 26 heavy (non-hydrogen) atoms. The van der Waals surface area contributed by atoms with Crippen LogP contribution in [0.3, 0.4) is 0 Å². The molecule has 0 bridgehead atoms. The number of aromatic nitrogens is 1. The molecule has 0 atom stereocenters. The first-order chi connectivity index (χ1) is 12.4. The summed E-state index contributed by atoms with van der Waals surface area (Å²) in [5.41, 5.74) is -0.169.